The van der Waals surface area contributed by atoms with Crippen LogP contribution in [-0.2, 0) is 11.3 Å². The Morgan fingerprint density at radius 2 is 1.96 bits per heavy atom. The number of hydrogen-bond acceptors (Lipinski definition) is 8. The van der Waals surface area contributed by atoms with E-state index in [-0.39, 0.29) is 16.8 Å². The van der Waals surface area contributed by atoms with Gasteiger partial charge >= 0.3 is 0 Å². The largest absolute Gasteiger partial charge is 0.760 e. The maximum atomic E-state index is 12.6. The van der Waals surface area contributed by atoms with Crippen LogP contribution in [0.2, 0.25) is 0 Å². The summed E-state index contributed by atoms with van der Waals surface area (Å²) in [7, 11) is 0. The zero-order chi connectivity index (χ0) is 19.7. The highest BCUT2D eigenvalue weighted by atomic mass is 32.2. The molecule has 4 rings (SSSR count). The molecule has 0 spiro atoms. The number of fused-ring (bicyclic) bond motifs is 1. The van der Waals surface area contributed by atoms with Crippen LogP contribution in [-0.4, -0.2) is 29.7 Å². The summed E-state index contributed by atoms with van der Waals surface area (Å²) in [6.45, 7) is 1.53. The third kappa shape index (κ3) is 3.76. The number of nitrogens with one attached hydrogen (secondary N) is 1. The summed E-state index contributed by atoms with van der Waals surface area (Å²) in [6.07, 6.45) is 0. The first-order chi connectivity index (χ1) is 13.5. The van der Waals surface area contributed by atoms with E-state index in [9.17, 15) is 13.6 Å². The molecule has 0 amide bonds. The Kier molecular flexibility index (Phi) is 5.09. The highest BCUT2D eigenvalue weighted by Crippen LogP contribution is 2.29. The molecule has 2 atom stereocenters. The maximum Gasteiger partial charge on any atom is 0.291 e. The average molecular weight is 413 g/mol. The summed E-state index contributed by atoms with van der Waals surface area (Å²) in [5, 5.41) is 7.67. The van der Waals surface area contributed by atoms with Crippen molar-refractivity contribution in [2.24, 2.45) is 0 Å². The SMILES string of the molecule is C[C@@H](NS(=O)[O-])c1nnc(C(=O)c2nc3ccc(-c4ccccc4)cc3s2)o1. The Hall–Kier alpha value is -2.79. The van der Waals surface area contributed by atoms with Gasteiger partial charge in [0.1, 0.15) is 0 Å². The highest BCUT2D eigenvalue weighted by molar-refractivity contribution is 7.77. The lowest BCUT2D eigenvalue weighted by Crippen LogP contribution is -2.20. The average Bonchev–Trinajstić information content (AvgIpc) is 3.34. The minimum absolute atomic E-state index is 0.0000231. The monoisotopic (exact) mass is 413 g/mol. The fourth-order valence-corrected chi connectivity index (χ4v) is 3.95. The molecule has 0 radical (unpaired) electrons. The van der Waals surface area contributed by atoms with Crippen molar-refractivity contribution >= 4 is 38.6 Å². The van der Waals surface area contributed by atoms with E-state index in [0.29, 0.717) is 5.52 Å². The van der Waals surface area contributed by atoms with Crippen LogP contribution in [0.5, 0.6) is 0 Å². The van der Waals surface area contributed by atoms with Crippen molar-refractivity contribution < 1.29 is 18.0 Å². The van der Waals surface area contributed by atoms with E-state index in [1.54, 1.807) is 0 Å². The van der Waals surface area contributed by atoms with Gasteiger partial charge in [-0.2, -0.15) is 0 Å². The molecule has 0 aliphatic rings. The number of benzene rings is 2. The Morgan fingerprint density at radius 3 is 2.71 bits per heavy atom. The van der Waals surface area contributed by atoms with Crippen LogP contribution in [0.4, 0.5) is 0 Å². The first-order valence-electron chi connectivity index (χ1n) is 8.21. The fraction of sp³-hybridized carbons (Fsp3) is 0.111. The molecular weight excluding hydrogens is 400 g/mol. The molecule has 2 aromatic heterocycles. The lowest BCUT2D eigenvalue weighted by atomic mass is 10.1. The van der Waals surface area contributed by atoms with Crippen LogP contribution in [0.1, 0.15) is 34.5 Å². The van der Waals surface area contributed by atoms with Gasteiger partial charge in [-0.25, -0.2) is 9.71 Å². The zero-order valence-electron chi connectivity index (χ0n) is 14.5. The first-order valence-corrected chi connectivity index (χ1v) is 10.1. The number of aromatic nitrogens is 3. The molecule has 0 aliphatic heterocycles. The van der Waals surface area contributed by atoms with Gasteiger partial charge in [0.15, 0.2) is 5.01 Å². The van der Waals surface area contributed by atoms with Crippen molar-refractivity contribution in [3.8, 4) is 11.1 Å². The Morgan fingerprint density at radius 1 is 1.18 bits per heavy atom. The van der Waals surface area contributed by atoms with E-state index in [4.69, 9.17) is 4.42 Å². The van der Waals surface area contributed by atoms with Crippen molar-refractivity contribution in [1.82, 2.24) is 19.9 Å². The molecule has 0 aliphatic carbocycles. The molecule has 1 unspecified atom stereocenters. The Balaban J connectivity index is 1.61. The van der Waals surface area contributed by atoms with Gasteiger partial charge < -0.3 is 8.97 Å². The van der Waals surface area contributed by atoms with E-state index < -0.39 is 23.1 Å². The number of ketones is 1. The molecular formula is C18H13N4O4S2-. The molecule has 8 nitrogen and oxygen atoms in total. The Bertz CT molecular complexity index is 1170. The summed E-state index contributed by atoms with van der Waals surface area (Å²) in [5.74, 6) is -0.737. The van der Waals surface area contributed by atoms with Gasteiger partial charge in [0, 0.05) is 11.3 Å². The van der Waals surface area contributed by atoms with Crippen molar-refractivity contribution in [3.05, 3.63) is 65.3 Å². The molecule has 2 heterocycles. The van der Waals surface area contributed by atoms with Crippen LogP contribution in [0.15, 0.2) is 52.9 Å². The smallest absolute Gasteiger partial charge is 0.291 e. The lowest BCUT2D eigenvalue weighted by molar-refractivity contribution is 0.1000. The second-order valence-corrected chi connectivity index (χ2v) is 7.65. The van der Waals surface area contributed by atoms with Gasteiger partial charge in [0.2, 0.25) is 5.89 Å². The van der Waals surface area contributed by atoms with Gasteiger partial charge in [-0.1, -0.05) is 36.4 Å². The second-order valence-electron chi connectivity index (χ2n) is 5.92. The quantitative estimate of drug-likeness (QED) is 0.381. The highest BCUT2D eigenvalue weighted by Gasteiger charge is 2.23. The standard InChI is InChI=1S/C18H14N4O4S2/c1-10(22-28(24)25)16-20-21-17(26-16)15(23)18-19-13-8-7-12(9-14(13)27-18)11-5-3-2-4-6-11/h2-10,22H,1H3,(H,24,25)/p-1/t10-/m1/s1. The molecule has 4 aromatic rings. The number of carbonyl (C=O) groups excluding carboxylic acids is 1. The second kappa shape index (κ2) is 7.68. The topological polar surface area (TPSA) is 121 Å². The number of thiazole rings is 1. The van der Waals surface area contributed by atoms with Gasteiger partial charge in [-0.05, 0) is 30.2 Å². The summed E-state index contributed by atoms with van der Waals surface area (Å²) in [4.78, 5) is 17.0. The van der Waals surface area contributed by atoms with Crippen molar-refractivity contribution in [2.75, 3.05) is 0 Å². The molecule has 2 aromatic carbocycles. The van der Waals surface area contributed by atoms with Crippen molar-refractivity contribution in [1.29, 1.82) is 0 Å². The molecule has 0 saturated heterocycles. The molecule has 1 N–H and O–H groups in total. The molecule has 10 heteroatoms. The molecule has 28 heavy (non-hydrogen) atoms. The van der Waals surface area contributed by atoms with Crippen molar-refractivity contribution in [2.45, 2.75) is 13.0 Å². The van der Waals surface area contributed by atoms with Gasteiger partial charge in [-0.15, -0.1) is 21.5 Å². The number of hydrogen-bond donors (Lipinski definition) is 1. The summed E-state index contributed by atoms with van der Waals surface area (Å²) in [6, 6.07) is 15.0. The molecule has 0 bridgehead atoms. The van der Waals surface area contributed by atoms with E-state index in [1.807, 2.05) is 48.5 Å². The normalized spacial score (nSPS) is 13.5. The van der Waals surface area contributed by atoms with E-state index in [1.165, 1.54) is 18.3 Å². The predicted molar refractivity (Wildman–Crippen MR) is 103 cm³/mol. The first kappa shape index (κ1) is 18.6. The van der Waals surface area contributed by atoms with Gasteiger partial charge in [0.05, 0.1) is 16.3 Å². The number of nitrogens with zero attached hydrogens (tertiary/aromatic N) is 3. The summed E-state index contributed by atoms with van der Waals surface area (Å²) < 4.78 is 29.8. The minimum Gasteiger partial charge on any atom is -0.760 e. The van der Waals surface area contributed by atoms with Crippen LogP contribution in [0, 0.1) is 0 Å². The van der Waals surface area contributed by atoms with Crippen LogP contribution >= 0.6 is 11.3 Å². The van der Waals surface area contributed by atoms with E-state index >= 15 is 0 Å². The third-order valence-electron chi connectivity index (χ3n) is 3.97. The summed E-state index contributed by atoms with van der Waals surface area (Å²) >= 11 is -1.25. The molecule has 0 fully saturated rings. The van der Waals surface area contributed by atoms with E-state index in [0.717, 1.165) is 15.8 Å². The van der Waals surface area contributed by atoms with Crippen LogP contribution in [0.25, 0.3) is 21.3 Å². The van der Waals surface area contributed by atoms with Crippen LogP contribution in [0.3, 0.4) is 0 Å². The number of rotatable bonds is 6. The molecule has 142 valence electrons. The van der Waals surface area contributed by atoms with Crippen LogP contribution < -0.4 is 4.72 Å². The minimum atomic E-state index is -2.49. The molecule has 0 saturated carbocycles. The number of carbonyl (C=O) groups is 1. The van der Waals surface area contributed by atoms with Gasteiger partial charge in [0.25, 0.3) is 11.7 Å². The lowest BCUT2D eigenvalue weighted by Gasteiger charge is -2.10. The third-order valence-corrected chi connectivity index (χ3v) is 5.53. The Labute approximate surface area is 166 Å². The zero-order valence-corrected chi connectivity index (χ0v) is 16.1. The fourth-order valence-electron chi connectivity index (χ4n) is 2.62. The van der Waals surface area contributed by atoms with Gasteiger partial charge in [-0.3, -0.25) is 9.00 Å². The predicted octanol–water partition coefficient (Wildman–Crippen LogP) is 3.02. The van der Waals surface area contributed by atoms with Crippen molar-refractivity contribution in [3.63, 3.8) is 0 Å². The summed E-state index contributed by atoms with van der Waals surface area (Å²) in [5.41, 5.74) is 2.80. The van der Waals surface area contributed by atoms with E-state index in [2.05, 4.69) is 19.9 Å². The maximum absolute atomic E-state index is 12.6.